The maximum absolute atomic E-state index is 5.92. The minimum atomic E-state index is 0.240. The molecule has 2 aliphatic carbocycles. The number of fused-ring (bicyclic) bond motifs is 8. The van der Waals surface area contributed by atoms with Gasteiger partial charge in [0.15, 0.2) is 0 Å². The second-order valence-corrected chi connectivity index (χ2v) is 7.50. The van der Waals surface area contributed by atoms with Crippen LogP contribution in [-0.4, -0.2) is 39.4 Å². The van der Waals surface area contributed by atoms with Crippen LogP contribution >= 0.6 is 11.6 Å². The van der Waals surface area contributed by atoms with Crippen LogP contribution in [0.15, 0.2) is 49.2 Å². The molecule has 2 unspecified atom stereocenters. The summed E-state index contributed by atoms with van der Waals surface area (Å²) in [5, 5.41) is 28.5. The Hall–Kier alpha value is -2.35. The fourth-order valence-electron chi connectivity index (χ4n) is 4.72. The standard InChI is InChI=1S/C16H14ClN7O/c17-8-3-1-7(2-4-8)16-22-18-11(25-16)6-24-15-10-5-9(14(15)21-23-24)12-13(10)20-19-12/h1-4,9-10,12-15H,5-6H2/t9?,10?,12-,13+,14+,15-/m1/s1. The lowest BCUT2D eigenvalue weighted by Crippen LogP contribution is -2.51. The molecular formula is C16H14ClN7O. The average molecular weight is 356 g/mol. The molecule has 3 heterocycles. The second kappa shape index (κ2) is 4.85. The molecule has 4 aliphatic rings. The van der Waals surface area contributed by atoms with E-state index in [1.807, 2.05) is 17.1 Å². The van der Waals surface area contributed by atoms with E-state index in [0.29, 0.717) is 47.3 Å². The summed E-state index contributed by atoms with van der Waals surface area (Å²) in [6.07, 6.45) is 1.15. The molecular weight excluding hydrogens is 342 g/mol. The fourth-order valence-corrected chi connectivity index (χ4v) is 4.85. The van der Waals surface area contributed by atoms with Crippen molar-refractivity contribution in [3.8, 4) is 11.5 Å². The van der Waals surface area contributed by atoms with E-state index in [1.54, 1.807) is 12.1 Å². The van der Waals surface area contributed by atoms with Crippen molar-refractivity contribution in [2.75, 3.05) is 0 Å². The fraction of sp³-hybridized carbons (Fsp3) is 0.500. The molecule has 0 spiro atoms. The second-order valence-electron chi connectivity index (χ2n) is 7.07. The smallest absolute Gasteiger partial charge is 0.247 e. The van der Waals surface area contributed by atoms with E-state index >= 15 is 0 Å². The van der Waals surface area contributed by atoms with E-state index in [9.17, 15) is 0 Å². The van der Waals surface area contributed by atoms with Gasteiger partial charge in [-0.1, -0.05) is 16.8 Å². The summed E-state index contributed by atoms with van der Waals surface area (Å²) in [5.41, 5.74) is 0.849. The Morgan fingerprint density at radius 1 is 1.00 bits per heavy atom. The number of rotatable bonds is 3. The third kappa shape index (κ3) is 1.88. The predicted molar refractivity (Wildman–Crippen MR) is 86.7 cm³/mol. The molecule has 126 valence electrons. The van der Waals surface area contributed by atoms with Crippen molar-refractivity contribution in [3.05, 3.63) is 35.2 Å². The van der Waals surface area contributed by atoms with Crippen LogP contribution in [0.1, 0.15) is 12.3 Å². The SMILES string of the molecule is Clc1ccc(-c2nnc(CN3N=N[C@H]4C5CC([C@H]43)[C@@H]3N=N[C@H]53)o2)cc1. The van der Waals surface area contributed by atoms with Gasteiger partial charge in [0.25, 0.3) is 0 Å². The Labute approximate surface area is 148 Å². The summed E-state index contributed by atoms with van der Waals surface area (Å²) in [6.45, 7) is 0.475. The molecule has 1 aromatic heterocycles. The first kappa shape index (κ1) is 13.9. The van der Waals surface area contributed by atoms with Gasteiger partial charge in [0.05, 0.1) is 6.04 Å². The van der Waals surface area contributed by atoms with Gasteiger partial charge in [-0.25, -0.2) is 0 Å². The minimum absolute atomic E-state index is 0.240. The number of nitrogens with zero attached hydrogens (tertiary/aromatic N) is 7. The summed E-state index contributed by atoms with van der Waals surface area (Å²) in [7, 11) is 0. The third-order valence-corrected chi connectivity index (χ3v) is 6.08. The first-order valence-corrected chi connectivity index (χ1v) is 8.81. The molecule has 0 N–H and O–H groups in total. The quantitative estimate of drug-likeness (QED) is 0.845. The first-order valence-electron chi connectivity index (χ1n) is 8.43. The lowest BCUT2D eigenvalue weighted by atomic mass is 9.82. The zero-order chi connectivity index (χ0) is 16.5. The highest BCUT2D eigenvalue weighted by atomic mass is 35.5. The van der Waals surface area contributed by atoms with Crippen LogP contribution in [0.2, 0.25) is 5.02 Å². The van der Waals surface area contributed by atoms with E-state index < -0.39 is 0 Å². The van der Waals surface area contributed by atoms with Crippen molar-refractivity contribution < 1.29 is 4.42 Å². The molecule has 9 heteroatoms. The molecule has 2 aliphatic heterocycles. The molecule has 2 fully saturated rings. The van der Waals surface area contributed by atoms with E-state index in [2.05, 4.69) is 30.8 Å². The summed E-state index contributed by atoms with van der Waals surface area (Å²) in [4.78, 5) is 0. The topological polar surface area (TPSA) is 91.6 Å². The Morgan fingerprint density at radius 2 is 1.80 bits per heavy atom. The summed E-state index contributed by atoms with van der Waals surface area (Å²) < 4.78 is 5.81. The van der Waals surface area contributed by atoms with Crippen LogP contribution in [-0.2, 0) is 6.54 Å². The Kier molecular flexibility index (Phi) is 2.69. The van der Waals surface area contributed by atoms with Gasteiger partial charge in [-0.3, -0.25) is 5.01 Å². The Morgan fingerprint density at radius 3 is 2.60 bits per heavy atom. The van der Waals surface area contributed by atoms with Crippen LogP contribution in [0.5, 0.6) is 0 Å². The van der Waals surface area contributed by atoms with Crippen molar-refractivity contribution in [1.29, 1.82) is 0 Å². The molecule has 0 saturated heterocycles. The highest BCUT2D eigenvalue weighted by Crippen LogP contribution is 2.56. The molecule has 2 aromatic rings. The largest absolute Gasteiger partial charge is 0.419 e. The maximum Gasteiger partial charge on any atom is 0.247 e. The summed E-state index contributed by atoms with van der Waals surface area (Å²) >= 11 is 5.92. The normalized spacial score (nSPS) is 36.6. The highest BCUT2D eigenvalue weighted by Gasteiger charge is 2.65. The van der Waals surface area contributed by atoms with E-state index in [4.69, 9.17) is 16.0 Å². The first-order chi connectivity index (χ1) is 12.3. The zero-order valence-corrected chi connectivity index (χ0v) is 13.9. The van der Waals surface area contributed by atoms with E-state index in [1.165, 1.54) is 0 Å². The lowest BCUT2D eigenvalue weighted by Gasteiger charge is -2.38. The van der Waals surface area contributed by atoms with Crippen LogP contribution in [0.3, 0.4) is 0 Å². The van der Waals surface area contributed by atoms with Gasteiger partial charge in [-0.2, -0.15) is 15.3 Å². The molecule has 1 aromatic carbocycles. The average Bonchev–Trinajstić information content (AvgIpc) is 3.30. The van der Waals surface area contributed by atoms with Crippen LogP contribution in [0.4, 0.5) is 0 Å². The highest BCUT2D eigenvalue weighted by molar-refractivity contribution is 6.30. The minimum Gasteiger partial charge on any atom is -0.419 e. The number of halogens is 1. The number of benzene rings is 1. The van der Waals surface area contributed by atoms with Crippen molar-refractivity contribution in [2.45, 2.75) is 37.1 Å². The molecule has 6 rings (SSSR count). The van der Waals surface area contributed by atoms with Crippen LogP contribution < -0.4 is 0 Å². The van der Waals surface area contributed by atoms with Gasteiger partial charge in [0, 0.05) is 22.4 Å². The lowest BCUT2D eigenvalue weighted by molar-refractivity contribution is 0.115. The number of hydrogen-bond donors (Lipinski definition) is 0. The molecule has 6 atom stereocenters. The van der Waals surface area contributed by atoms with Crippen LogP contribution in [0.25, 0.3) is 11.5 Å². The van der Waals surface area contributed by atoms with Crippen LogP contribution in [0, 0.1) is 11.8 Å². The number of aromatic nitrogens is 2. The van der Waals surface area contributed by atoms with E-state index in [0.717, 1.165) is 12.0 Å². The molecule has 8 nitrogen and oxygen atoms in total. The number of azo groups is 1. The monoisotopic (exact) mass is 355 g/mol. The third-order valence-electron chi connectivity index (χ3n) is 5.83. The number of hydrogen-bond acceptors (Lipinski definition) is 8. The van der Waals surface area contributed by atoms with Crippen molar-refractivity contribution in [3.63, 3.8) is 0 Å². The molecule has 2 bridgehead atoms. The summed E-state index contributed by atoms with van der Waals surface area (Å²) in [6, 6.07) is 8.61. The van der Waals surface area contributed by atoms with E-state index in [-0.39, 0.29) is 12.1 Å². The molecule has 0 amide bonds. The van der Waals surface area contributed by atoms with Gasteiger partial charge < -0.3 is 4.42 Å². The van der Waals surface area contributed by atoms with Gasteiger partial charge in [0.2, 0.25) is 11.8 Å². The van der Waals surface area contributed by atoms with Gasteiger partial charge in [-0.05, 0) is 30.7 Å². The van der Waals surface area contributed by atoms with Gasteiger partial charge >= 0.3 is 0 Å². The van der Waals surface area contributed by atoms with Gasteiger partial charge in [-0.15, -0.1) is 10.2 Å². The van der Waals surface area contributed by atoms with Gasteiger partial charge in [0.1, 0.15) is 24.7 Å². The summed E-state index contributed by atoms with van der Waals surface area (Å²) in [5.74, 6) is 2.02. The maximum atomic E-state index is 5.92. The Bertz CT molecular complexity index is 894. The van der Waals surface area contributed by atoms with Crippen molar-refractivity contribution in [1.82, 2.24) is 15.2 Å². The zero-order valence-electron chi connectivity index (χ0n) is 13.1. The van der Waals surface area contributed by atoms with Crippen molar-refractivity contribution >= 4 is 11.6 Å². The predicted octanol–water partition coefficient (Wildman–Crippen LogP) is 3.16. The molecule has 25 heavy (non-hydrogen) atoms. The molecule has 2 saturated carbocycles. The van der Waals surface area contributed by atoms with Crippen molar-refractivity contribution in [2.24, 2.45) is 32.4 Å². The Balaban J connectivity index is 1.22. The molecule has 0 radical (unpaired) electrons.